The Morgan fingerprint density at radius 3 is 2.50 bits per heavy atom. The van der Waals surface area contributed by atoms with Crippen LogP contribution in [0.1, 0.15) is 42.1 Å². The molecule has 0 saturated carbocycles. The van der Waals surface area contributed by atoms with Crippen molar-refractivity contribution in [2.24, 2.45) is 5.92 Å². The normalized spacial score (nSPS) is 11.8. The van der Waals surface area contributed by atoms with Gasteiger partial charge in [0, 0.05) is 6.42 Å². The number of benzene rings is 1. The van der Waals surface area contributed by atoms with E-state index < -0.39 is 0 Å². The molecule has 0 aliphatic heterocycles. The highest BCUT2D eigenvalue weighted by Crippen LogP contribution is 2.29. The van der Waals surface area contributed by atoms with Crippen LogP contribution in [0.3, 0.4) is 0 Å². The van der Waals surface area contributed by atoms with Crippen LogP contribution in [0.2, 0.25) is 0 Å². The van der Waals surface area contributed by atoms with Crippen molar-refractivity contribution in [1.29, 1.82) is 0 Å². The number of nitrogens with one attached hydrogen (secondary N) is 1. The molecule has 0 fully saturated rings. The lowest BCUT2D eigenvalue weighted by atomic mass is 10.0. The van der Waals surface area contributed by atoms with Crippen molar-refractivity contribution in [1.82, 2.24) is 10.2 Å². The Bertz CT molecular complexity index is 665. The minimum atomic E-state index is -0.325. The summed E-state index contributed by atoms with van der Waals surface area (Å²) in [4.78, 5) is 12.6. The van der Waals surface area contributed by atoms with Crippen molar-refractivity contribution in [3.8, 4) is 11.5 Å². The van der Waals surface area contributed by atoms with Crippen molar-refractivity contribution in [3.05, 3.63) is 28.8 Å². The van der Waals surface area contributed by atoms with E-state index in [2.05, 4.69) is 29.4 Å². The van der Waals surface area contributed by atoms with Gasteiger partial charge in [-0.05, 0) is 24.5 Å². The Hall–Kier alpha value is -2.15. The standard InChI is InChI=1S/C17H23N3O3S/c1-5-11(2)9-10-14-19-20-17(24-14)18-16(21)15-12(22-3)7-6-8-13(15)23-4/h6-8,11H,5,9-10H2,1-4H3,(H,18,20,21). The molecule has 0 radical (unpaired) electrons. The van der Waals surface area contributed by atoms with Gasteiger partial charge in [-0.2, -0.15) is 0 Å². The summed E-state index contributed by atoms with van der Waals surface area (Å²) in [5.41, 5.74) is 0.346. The van der Waals surface area contributed by atoms with Gasteiger partial charge in [0.2, 0.25) is 5.13 Å². The molecule has 2 aromatic rings. The van der Waals surface area contributed by atoms with E-state index in [1.165, 1.54) is 25.6 Å². The zero-order valence-corrected chi connectivity index (χ0v) is 15.3. The topological polar surface area (TPSA) is 73.3 Å². The predicted molar refractivity (Wildman–Crippen MR) is 95.2 cm³/mol. The number of rotatable bonds is 8. The number of hydrogen-bond acceptors (Lipinski definition) is 6. The average molecular weight is 349 g/mol. The Labute approximate surface area is 146 Å². The van der Waals surface area contributed by atoms with Crippen molar-refractivity contribution in [2.45, 2.75) is 33.1 Å². The number of aromatic nitrogens is 2. The summed E-state index contributed by atoms with van der Waals surface area (Å²) >= 11 is 1.40. The molecule has 1 unspecified atom stereocenters. The average Bonchev–Trinajstić information content (AvgIpc) is 3.05. The molecule has 6 nitrogen and oxygen atoms in total. The maximum atomic E-state index is 12.6. The molecular formula is C17H23N3O3S. The molecule has 1 aromatic heterocycles. The van der Waals surface area contributed by atoms with Crippen molar-refractivity contribution >= 4 is 22.4 Å². The molecule has 0 saturated heterocycles. The number of anilines is 1. The van der Waals surface area contributed by atoms with Crippen molar-refractivity contribution in [3.63, 3.8) is 0 Å². The van der Waals surface area contributed by atoms with Gasteiger partial charge in [0.15, 0.2) is 0 Å². The fraction of sp³-hybridized carbons (Fsp3) is 0.471. The van der Waals surface area contributed by atoms with Gasteiger partial charge in [-0.15, -0.1) is 10.2 Å². The minimum Gasteiger partial charge on any atom is -0.496 e. The van der Waals surface area contributed by atoms with Gasteiger partial charge in [-0.3, -0.25) is 10.1 Å². The van der Waals surface area contributed by atoms with Gasteiger partial charge in [-0.1, -0.05) is 37.7 Å². The first-order valence-electron chi connectivity index (χ1n) is 7.93. The van der Waals surface area contributed by atoms with Crippen LogP contribution in [0.15, 0.2) is 18.2 Å². The van der Waals surface area contributed by atoms with Crippen LogP contribution in [-0.2, 0) is 6.42 Å². The van der Waals surface area contributed by atoms with E-state index in [1.54, 1.807) is 18.2 Å². The van der Waals surface area contributed by atoms with Gasteiger partial charge in [0.05, 0.1) is 14.2 Å². The second-order valence-electron chi connectivity index (χ2n) is 5.54. The minimum absolute atomic E-state index is 0.325. The number of nitrogens with zero attached hydrogens (tertiary/aromatic N) is 2. The second-order valence-corrected chi connectivity index (χ2v) is 6.61. The molecule has 0 aliphatic carbocycles. The lowest BCUT2D eigenvalue weighted by molar-refractivity contribution is 0.102. The number of carbonyl (C=O) groups excluding carboxylic acids is 1. The molecule has 2 rings (SSSR count). The first-order valence-corrected chi connectivity index (χ1v) is 8.75. The predicted octanol–water partition coefficient (Wildman–Crippen LogP) is 3.79. The highest BCUT2D eigenvalue weighted by atomic mass is 32.1. The zero-order valence-electron chi connectivity index (χ0n) is 14.5. The SMILES string of the molecule is CCC(C)CCc1nnc(NC(=O)c2c(OC)cccc2OC)s1. The van der Waals surface area contributed by atoms with Crippen LogP contribution in [0.5, 0.6) is 11.5 Å². The Morgan fingerprint density at radius 2 is 1.92 bits per heavy atom. The number of carbonyl (C=O) groups is 1. The Morgan fingerprint density at radius 1 is 1.25 bits per heavy atom. The fourth-order valence-electron chi connectivity index (χ4n) is 2.21. The third kappa shape index (κ3) is 4.44. The molecule has 1 heterocycles. The van der Waals surface area contributed by atoms with Gasteiger partial charge >= 0.3 is 0 Å². The first-order chi connectivity index (χ1) is 11.6. The molecule has 1 aromatic carbocycles. The number of ether oxygens (including phenoxy) is 2. The zero-order chi connectivity index (χ0) is 17.5. The van der Waals surface area contributed by atoms with Gasteiger partial charge < -0.3 is 9.47 Å². The van der Waals surface area contributed by atoms with Gasteiger partial charge in [0.1, 0.15) is 22.1 Å². The van der Waals surface area contributed by atoms with E-state index in [0.29, 0.717) is 28.1 Å². The fourth-order valence-corrected chi connectivity index (χ4v) is 2.96. The molecule has 7 heteroatoms. The highest BCUT2D eigenvalue weighted by molar-refractivity contribution is 7.15. The molecular weight excluding hydrogens is 326 g/mol. The van der Waals surface area contributed by atoms with Crippen LogP contribution >= 0.6 is 11.3 Å². The van der Waals surface area contributed by atoms with Crippen LogP contribution in [0.25, 0.3) is 0 Å². The molecule has 0 aliphatic rings. The van der Waals surface area contributed by atoms with E-state index in [-0.39, 0.29) is 5.91 Å². The molecule has 1 atom stereocenters. The summed E-state index contributed by atoms with van der Waals surface area (Å²) in [6.45, 7) is 4.40. The number of hydrogen-bond donors (Lipinski definition) is 1. The van der Waals surface area contributed by atoms with E-state index in [9.17, 15) is 4.79 Å². The number of methoxy groups -OCH3 is 2. The molecule has 0 bridgehead atoms. The molecule has 1 N–H and O–H groups in total. The number of amides is 1. The van der Waals surface area contributed by atoms with Crippen molar-refractivity contribution < 1.29 is 14.3 Å². The summed E-state index contributed by atoms with van der Waals surface area (Å²) in [5.74, 6) is 1.24. The first kappa shape index (κ1) is 18.2. The maximum Gasteiger partial charge on any atom is 0.265 e. The van der Waals surface area contributed by atoms with Crippen LogP contribution in [0.4, 0.5) is 5.13 Å². The third-order valence-corrected chi connectivity index (χ3v) is 4.79. The van der Waals surface area contributed by atoms with Gasteiger partial charge in [0.25, 0.3) is 5.91 Å². The monoisotopic (exact) mass is 349 g/mol. The Kier molecular flexibility index (Phi) is 6.54. The molecule has 0 spiro atoms. The van der Waals surface area contributed by atoms with E-state index in [4.69, 9.17) is 9.47 Å². The Balaban J connectivity index is 2.09. The summed E-state index contributed by atoms with van der Waals surface area (Å²) in [7, 11) is 3.03. The lowest BCUT2D eigenvalue weighted by Crippen LogP contribution is -2.14. The third-order valence-electron chi connectivity index (χ3n) is 3.89. The smallest absolute Gasteiger partial charge is 0.265 e. The van der Waals surface area contributed by atoms with Crippen LogP contribution in [0, 0.1) is 5.92 Å². The van der Waals surface area contributed by atoms with Crippen LogP contribution in [-0.4, -0.2) is 30.3 Å². The number of aryl methyl sites for hydroxylation is 1. The van der Waals surface area contributed by atoms with E-state index in [1.807, 2.05) is 0 Å². The van der Waals surface area contributed by atoms with Crippen molar-refractivity contribution in [2.75, 3.05) is 19.5 Å². The molecule has 24 heavy (non-hydrogen) atoms. The van der Waals surface area contributed by atoms with E-state index >= 15 is 0 Å². The second kappa shape index (κ2) is 8.63. The van der Waals surface area contributed by atoms with Crippen LogP contribution < -0.4 is 14.8 Å². The maximum absolute atomic E-state index is 12.6. The lowest BCUT2D eigenvalue weighted by Gasteiger charge is -2.11. The molecule has 130 valence electrons. The summed E-state index contributed by atoms with van der Waals surface area (Å²) < 4.78 is 10.5. The largest absolute Gasteiger partial charge is 0.496 e. The quantitative estimate of drug-likeness (QED) is 0.785. The highest BCUT2D eigenvalue weighted by Gasteiger charge is 2.19. The summed E-state index contributed by atoms with van der Waals surface area (Å²) in [6.07, 6.45) is 3.09. The summed E-state index contributed by atoms with van der Waals surface area (Å²) in [6, 6.07) is 5.20. The van der Waals surface area contributed by atoms with Gasteiger partial charge in [-0.25, -0.2) is 0 Å². The van der Waals surface area contributed by atoms with E-state index in [0.717, 1.165) is 24.3 Å². The summed E-state index contributed by atoms with van der Waals surface area (Å²) in [5, 5.41) is 12.4. The molecule has 1 amide bonds.